The van der Waals surface area contributed by atoms with Crippen molar-refractivity contribution in [1.82, 2.24) is 29.7 Å². The van der Waals surface area contributed by atoms with E-state index < -0.39 is 0 Å². The molecule has 0 aromatic carbocycles. The number of rotatable bonds is 3. The second-order valence-electron chi connectivity index (χ2n) is 8.21. The molecule has 0 saturated carbocycles. The highest BCUT2D eigenvalue weighted by atomic mass is 32.1. The Morgan fingerprint density at radius 3 is 2.58 bits per heavy atom. The maximum absolute atomic E-state index is 4.84. The third kappa shape index (κ3) is 3.50. The smallest absolute Gasteiger partial charge is 0.177 e. The summed E-state index contributed by atoms with van der Waals surface area (Å²) in [6.45, 7) is 11.7. The first-order chi connectivity index (χ1) is 12.4. The maximum atomic E-state index is 4.84. The second-order valence-corrected chi connectivity index (χ2v) is 9.27. The number of likely N-dealkylation sites (tertiary alicyclic amines) is 1. The Bertz CT molecular complexity index is 898. The van der Waals surface area contributed by atoms with Crippen LogP contribution in [0.5, 0.6) is 0 Å². The molecule has 1 aliphatic heterocycles. The number of aromatic nitrogens is 5. The van der Waals surface area contributed by atoms with Gasteiger partial charge in [-0.2, -0.15) is 9.61 Å². The summed E-state index contributed by atoms with van der Waals surface area (Å²) >= 11 is 1.73. The van der Waals surface area contributed by atoms with Crippen LogP contribution in [0.3, 0.4) is 0 Å². The monoisotopic (exact) mass is 370 g/mol. The normalized spacial score (nSPS) is 17.2. The number of aryl methyl sites for hydroxylation is 1. The highest BCUT2D eigenvalue weighted by Gasteiger charge is 2.26. The summed E-state index contributed by atoms with van der Waals surface area (Å²) in [5.41, 5.74) is 3.12. The van der Waals surface area contributed by atoms with E-state index in [4.69, 9.17) is 5.10 Å². The van der Waals surface area contributed by atoms with Gasteiger partial charge in [0.25, 0.3) is 0 Å². The standard InChI is InChI=1S/C19H26N6S/c1-13-20-15(12-26-13)11-24-9-7-14(8-10-24)18-22-21-17-6-5-16(19(2,3)4)23-25(17)18/h5-6,12,14H,7-11H2,1-4H3. The first-order valence-corrected chi connectivity index (χ1v) is 10.1. The molecule has 0 unspecified atom stereocenters. The van der Waals surface area contributed by atoms with Gasteiger partial charge in [-0.05, 0) is 45.0 Å². The predicted molar refractivity (Wildman–Crippen MR) is 104 cm³/mol. The maximum Gasteiger partial charge on any atom is 0.177 e. The lowest BCUT2D eigenvalue weighted by molar-refractivity contribution is 0.199. The van der Waals surface area contributed by atoms with Crippen LogP contribution in [-0.2, 0) is 12.0 Å². The van der Waals surface area contributed by atoms with Crippen LogP contribution in [0.1, 0.15) is 61.8 Å². The van der Waals surface area contributed by atoms with Crippen molar-refractivity contribution in [1.29, 1.82) is 0 Å². The molecule has 3 aromatic heterocycles. The van der Waals surface area contributed by atoms with Crippen molar-refractivity contribution >= 4 is 17.0 Å². The molecular formula is C19H26N6S. The first kappa shape index (κ1) is 17.5. The Balaban J connectivity index is 1.49. The molecule has 0 N–H and O–H groups in total. The van der Waals surface area contributed by atoms with Crippen LogP contribution in [-0.4, -0.2) is 42.8 Å². The summed E-state index contributed by atoms with van der Waals surface area (Å²) in [5.74, 6) is 1.43. The van der Waals surface area contributed by atoms with Gasteiger partial charge in [-0.15, -0.1) is 21.5 Å². The fourth-order valence-electron chi connectivity index (χ4n) is 3.52. The van der Waals surface area contributed by atoms with Gasteiger partial charge in [-0.1, -0.05) is 20.8 Å². The SMILES string of the molecule is Cc1nc(CN2CCC(c3nnc4ccc(C(C)(C)C)nn34)CC2)cs1. The third-order valence-electron chi connectivity index (χ3n) is 5.06. The fourth-order valence-corrected chi connectivity index (χ4v) is 4.12. The van der Waals surface area contributed by atoms with Crippen molar-refractivity contribution < 1.29 is 0 Å². The van der Waals surface area contributed by atoms with Gasteiger partial charge in [0, 0.05) is 23.3 Å². The fraction of sp³-hybridized carbons (Fsp3) is 0.579. The summed E-state index contributed by atoms with van der Waals surface area (Å²) in [6.07, 6.45) is 2.18. The quantitative estimate of drug-likeness (QED) is 0.705. The number of thiazole rings is 1. The molecular weight excluding hydrogens is 344 g/mol. The average molecular weight is 371 g/mol. The molecule has 6 nitrogen and oxygen atoms in total. The van der Waals surface area contributed by atoms with E-state index in [9.17, 15) is 0 Å². The largest absolute Gasteiger partial charge is 0.297 e. The Morgan fingerprint density at radius 1 is 1.15 bits per heavy atom. The number of piperidine rings is 1. The van der Waals surface area contributed by atoms with Crippen molar-refractivity contribution in [3.63, 3.8) is 0 Å². The summed E-state index contributed by atoms with van der Waals surface area (Å²) in [7, 11) is 0. The van der Waals surface area contributed by atoms with Gasteiger partial charge in [0.05, 0.1) is 16.4 Å². The Morgan fingerprint density at radius 2 is 1.92 bits per heavy atom. The van der Waals surface area contributed by atoms with Crippen LogP contribution in [0.15, 0.2) is 17.5 Å². The predicted octanol–water partition coefficient (Wildman–Crippen LogP) is 3.57. The van der Waals surface area contributed by atoms with E-state index in [1.54, 1.807) is 11.3 Å². The number of hydrogen-bond acceptors (Lipinski definition) is 6. The highest BCUT2D eigenvalue weighted by Crippen LogP contribution is 2.28. The molecule has 0 aliphatic carbocycles. The minimum absolute atomic E-state index is 0.0186. The number of hydrogen-bond donors (Lipinski definition) is 0. The summed E-state index contributed by atoms with van der Waals surface area (Å²) in [6, 6.07) is 4.09. The molecule has 3 aromatic rings. The molecule has 1 aliphatic rings. The van der Waals surface area contributed by atoms with Gasteiger partial charge in [0.2, 0.25) is 0 Å². The minimum Gasteiger partial charge on any atom is -0.297 e. The van der Waals surface area contributed by atoms with Crippen molar-refractivity contribution in [2.45, 2.75) is 58.4 Å². The molecule has 1 fully saturated rings. The van der Waals surface area contributed by atoms with Crippen LogP contribution < -0.4 is 0 Å². The molecule has 138 valence electrons. The molecule has 0 spiro atoms. The number of fused-ring (bicyclic) bond motifs is 1. The molecule has 0 atom stereocenters. The minimum atomic E-state index is 0.0186. The highest BCUT2D eigenvalue weighted by molar-refractivity contribution is 7.09. The van der Waals surface area contributed by atoms with Gasteiger partial charge in [0.15, 0.2) is 11.5 Å². The van der Waals surface area contributed by atoms with Crippen LogP contribution >= 0.6 is 11.3 Å². The van der Waals surface area contributed by atoms with E-state index in [1.165, 1.54) is 5.69 Å². The second kappa shape index (κ2) is 6.70. The zero-order valence-electron chi connectivity index (χ0n) is 15.9. The molecule has 26 heavy (non-hydrogen) atoms. The van der Waals surface area contributed by atoms with Crippen LogP contribution in [0.25, 0.3) is 5.65 Å². The Kier molecular flexibility index (Phi) is 4.52. The number of nitrogens with zero attached hydrogens (tertiary/aromatic N) is 6. The molecule has 7 heteroatoms. The van der Waals surface area contributed by atoms with Crippen molar-refractivity contribution in [2.75, 3.05) is 13.1 Å². The van der Waals surface area contributed by atoms with Gasteiger partial charge >= 0.3 is 0 Å². The lowest BCUT2D eigenvalue weighted by atomic mass is 9.92. The zero-order valence-corrected chi connectivity index (χ0v) is 16.8. The van der Waals surface area contributed by atoms with Gasteiger partial charge in [-0.3, -0.25) is 4.90 Å². The van der Waals surface area contributed by atoms with E-state index in [0.717, 1.165) is 54.6 Å². The summed E-state index contributed by atoms with van der Waals surface area (Å²) in [4.78, 5) is 7.08. The lowest BCUT2D eigenvalue weighted by Gasteiger charge is -2.30. The summed E-state index contributed by atoms with van der Waals surface area (Å²) < 4.78 is 1.96. The first-order valence-electron chi connectivity index (χ1n) is 9.26. The molecule has 4 heterocycles. The van der Waals surface area contributed by atoms with Crippen molar-refractivity contribution in [2.24, 2.45) is 0 Å². The Labute approximate surface area is 158 Å². The topological polar surface area (TPSA) is 59.2 Å². The molecule has 0 amide bonds. The van der Waals surface area contributed by atoms with Gasteiger partial charge in [-0.25, -0.2) is 4.98 Å². The summed E-state index contributed by atoms with van der Waals surface area (Å²) in [5, 5.41) is 17.0. The Hall–Kier alpha value is -1.86. The third-order valence-corrected chi connectivity index (χ3v) is 5.88. The zero-order chi connectivity index (χ0) is 18.3. The molecule has 1 saturated heterocycles. The van der Waals surface area contributed by atoms with Gasteiger partial charge < -0.3 is 0 Å². The average Bonchev–Trinajstić information content (AvgIpc) is 3.20. The molecule has 0 radical (unpaired) electrons. The van der Waals surface area contributed by atoms with Gasteiger partial charge in [0.1, 0.15) is 0 Å². The lowest BCUT2D eigenvalue weighted by Crippen LogP contribution is -2.33. The van der Waals surface area contributed by atoms with Crippen LogP contribution in [0.4, 0.5) is 0 Å². The van der Waals surface area contributed by atoms with Crippen molar-refractivity contribution in [3.05, 3.63) is 39.7 Å². The molecule has 0 bridgehead atoms. The van der Waals surface area contributed by atoms with Crippen molar-refractivity contribution in [3.8, 4) is 0 Å². The van der Waals surface area contributed by atoms with E-state index in [1.807, 2.05) is 10.6 Å². The van der Waals surface area contributed by atoms with Crippen LogP contribution in [0.2, 0.25) is 0 Å². The van der Waals surface area contributed by atoms with E-state index in [2.05, 4.69) is 59.2 Å². The molecule has 4 rings (SSSR count). The van der Waals surface area contributed by atoms with E-state index >= 15 is 0 Å². The van der Waals surface area contributed by atoms with E-state index in [-0.39, 0.29) is 5.41 Å². The van der Waals surface area contributed by atoms with Crippen LogP contribution in [0, 0.1) is 6.92 Å². The van der Waals surface area contributed by atoms with E-state index in [0.29, 0.717) is 5.92 Å².